The highest BCUT2D eigenvalue weighted by Gasteiger charge is 2.28. The molecule has 7 aromatic carbocycles. The van der Waals surface area contributed by atoms with Crippen molar-refractivity contribution in [3.05, 3.63) is 145 Å². The van der Waals surface area contributed by atoms with E-state index < -0.39 is 0 Å². The molecule has 3 heterocycles. The van der Waals surface area contributed by atoms with Gasteiger partial charge in [0.25, 0.3) is 0 Å². The molecule has 0 saturated carbocycles. The average molecular weight is 605 g/mol. The number of aromatic nitrogens is 1. The first kappa shape index (κ1) is 26.4. The third kappa shape index (κ3) is 3.68. The topological polar surface area (TPSA) is 20.8 Å². The molecule has 10 rings (SSSR count). The summed E-state index contributed by atoms with van der Waals surface area (Å²) in [5.41, 5.74) is 9.99. The Morgan fingerprint density at radius 2 is 1.09 bits per heavy atom. The molecule has 0 saturated heterocycles. The van der Waals surface area contributed by atoms with Crippen LogP contribution in [-0.4, -0.2) is 4.40 Å². The highest BCUT2D eigenvalue weighted by atomic mass is 16.3. The lowest BCUT2D eigenvalue weighted by atomic mass is 9.83. The molecule has 0 atom stereocenters. The lowest BCUT2D eigenvalue weighted by molar-refractivity contribution is 0.591. The van der Waals surface area contributed by atoms with Crippen LogP contribution >= 0.6 is 0 Å². The molecule has 0 unspecified atom stereocenters. The predicted octanol–water partition coefficient (Wildman–Crippen LogP) is 12.7. The summed E-state index contributed by atoms with van der Waals surface area (Å²) in [6.07, 6.45) is 0. The second kappa shape index (κ2) is 9.37. The second-order valence-electron chi connectivity index (χ2n) is 13.8. The van der Waals surface area contributed by atoms with Crippen molar-refractivity contribution in [2.45, 2.75) is 26.2 Å². The Morgan fingerprint density at radius 3 is 1.77 bits per heavy atom. The quantitative estimate of drug-likeness (QED) is 0.200. The molecular formula is C44H32N2O. The van der Waals surface area contributed by atoms with Crippen molar-refractivity contribution >= 4 is 87.9 Å². The van der Waals surface area contributed by atoms with Gasteiger partial charge in [0, 0.05) is 38.0 Å². The van der Waals surface area contributed by atoms with Gasteiger partial charge in [0.05, 0.1) is 27.9 Å². The number of anilines is 3. The molecule has 0 bridgehead atoms. The Bertz CT molecular complexity index is 2760. The van der Waals surface area contributed by atoms with Gasteiger partial charge in [0.2, 0.25) is 0 Å². The Kier molecular flexibility index (Phi) is 5.27. The maximum atomic E-state index is 6.74. The van der Waals surface area contributed by atoms with Crippen molar-refractivity contribution in [3.8, 4) is 0 Å². The molecule has 0 amide bonds. The maximum Gasteiger partial charge on any atom is 0.159 e. The zero-order valence-electron chi connectivity index (χ0n) is 26.6. The monoisotopic (exact) mass is 604 g/mol. The van der Waals surface area contributed by atoms with Crippen LogP contribution in [0.25, 0.3) is 70.8 Å². The summed E-state index contributed by atoms with van der Waals surface area (Å²) in [5, 5.41) is 9.74. The van der Waals surface area contributed by atoms with Crippen molar-refractivity contribution in [3.63, 3.8) is 0 Å². The number of nitrogens with zero attached hydrogens (tertiary/aromatic N) is 2. The molecule has 3 nitrogen and oxygen atoms in total. The molecule has 3 heteroatoms. The molecule has 3 aromatic heterocycles. The van der Waals surface area contributed by atoms with E-state index in [1.807, 2.05) is 6.07 Å². The van der Waals surface area contributed by atoms with Crippen LogP contribution in [0.2, 0.25) is 0 Å². The molecule has 0 N–H and O–H groups in total. The van der Waals surface area contributed by atoms with Gasteiger partial charge in [-0.3, -0.25) is 0 Å². The summed E-state index contributed by atoms with van der Waals surface area (Å²) in [4.78, 5) is 2.46. The number of hydrogen-bond acceptors (Lipinski definition) is 2. The maximum absolute atomic E-state index is 6.74. The van der Waals surface area contributed by atoms with Crippen LogP contribution in [0.1, 0.15) is 26.3 Å². The first-order valence-corrected chi connectivity index (χ1v) is 16.4. The molecule has 0 aliphatic heterocycles. The minimum atomic E-state index is -0.122. The molecule has 0 spiro atoms. The molecule has 0 aliphatic rings. The Hall–Kier alpha value is -5.80. The van der Waals surface area contributed by atoms with E-state index in [1.54, 1.807) is 0 Å². The molecule has 0 aliphatic carbocycles. The molecule has 47 heavy (non-hydrogen) atoms. The summed E-state index contributed by atoms with van der Waals surface area (Å²) in [6.45, 7) is 6.94. The van der Waals surface area contributed by atoms with Gasteiger partial charge < -0.3 is 13.7 Å². The van der Waals surface area contributed by atoms with Crippen LogP contribution in [0.3, 0.4) is 0 Å². The largest absolute Gasteiger partial charge is 0.454 e. The van der Waals surface area contributed by atoms with Crippen molar-refractivity contribution in [1.82, 2.24) is 4.40 Å². The van der Waals surface area contributed by atoms with Gasteiger partial charge in [0.1, 0.15) is 5.58 Å². The number of fused-ring (bicyclic) bond motifs is 10. The highest BCUT2D eigenvalue weighted by Crippen LogP contribution is 2.49. The van der Waals surface area contributed by atoms with Crippen LogP contribution in [0.4, 0.5) is 17.1 Å². The van der Waals surface area contributed by atoms with Crippen molar-refractivity contribution < 1.29 is 4.42 Å². The summed E-state index contributed by atoms with van der Waals surface area (Å²) >= 11 is 0. The minimum absolute atomic E-state index is 0.122. The molecule has 0 radical (unpaired) electrons. The number of rotatable bonds is 3. The summed E-state index contributed by atoms with van der Waals surface area (Å²) in [6, 6.07) is 50.8. The number of hydrogen-bond donors (Lipinski definition) is 0. The smallest absolute Gasteiger partial charge is 0.159 e. The van der Waals surface area contributed by atoms with Crippen LogP contribution in [0.5, 0.6) is 0 Å². The summed E-state index contributed by atoms with van der Waals surface area (Å²) < 4.78 is 9.19. The fraction of sp³-hybridized carbons (Fsp3) is 0.0909. The second-order valence-corrected chi connectivity index (χ2v) is 13.8. The summed E-state index contributed by atoms with van der Waals surface area (Å²) in [7, 11) is 0. The van der Waals surface area contributed by atoms with Gasteiger partial charge in [0.15, 0.2) is 5.58 Å². The van der Waals surface area contributed by atoms with E-state index in [4.69, 9.17) is 4.42 Å². The van der Waals surface area contributed by atoms with Crippen LogP contribution in [0, 0.1) is 0 Å². The first-order valence-electron chi connectivity index (χ1n) is 16.4. The average Bonchev–Trinajstić information content (AvgIpc) is 3.75. The molecule has 224 valence electrons. The first-order chi connectivity index (χ1) is 23.0. The molecular weight excluding hydrogens is 572 g/mol. The van der Waals surface area contributed by atoms with Gasteiger partial charge in [-0.25, -0.2) is 0 Å². The number of benzene rings is 7. The Labute approximate surface area is 272 Å². The number of furan rings is 1. The fourth-order valence-corrected chi connectivity index (χ4v) is 7.89. The van der Waals surface area contributed by atoms with E-state index >= 15 is 0 Å². The van der Waals surface area contributed by atoms with E-state index in [9.17, 15) is 0 Å². The van der Waals surface area contributed by atoms with E-state index in [0.717, 1.165) is 39.0 Å². The van der Waals surface area contributed by atoms with Gasteiger partial charge in [-0.05, 0) is 70.3 Å². The van der Waals surface area contributed by atoms with Gasteiger partial charge in [-0.15, -0.1) is 0 Å². The standard InChI is InChI=1S/C44H32N2O/c1-44(2,3)36-23-27-13-4-5-14-28(27)24-40(36)45(39-21-12-18-33-32-17-8-11-22-41(32)47-43(33)39)29-25-34-30-15-6-9-19-37(30)46-38-20-10-7-16-31(38)35(26-29)42(34)46/h4-26H,1-3H3. The minimum Gasteiger partial charge on any atom is -0.454 e. The predicted molar refractivity (Wildman–Crippen MR) is 199 cm³/mol. The molecule has 0 fully saturated rings. The van der Waals surface area contributed by atoms with Gasteiger partial charge in [-0.2, -0.15) is 0 Å². The fourth-order valence-electron chi connectivity index (χ4n) is 7.89. The zero-order chi connectivity index (χ0) is 31.4. The van der Waals surface area contributed by atoms with Crippen LogP contribution in [0.15, 0.2) is 144 Å². The third-order valence-corrected chi connectivity index (χ3v) is 9.98. The lowest BCUT2D eigenvalue weighted by Crippen LogP contribution is -2.19. The van der Waals surface area contributed by atoms with E-state index in [0.29, 0.717) is 0 Å². The molecule has 10 aromatic rings. The Balaban J connectivity index is 1.39. The van der Waals surface area contributed by atoms with Crippen molar-refractivity contribution in [2.75, 3.05) is 4.90 Å². The van der Waals surface area contributed by atoms with E-state index in [-0.39, 0.29) is 5.41 Å². The summed E-state index contributed by atoms with van der Waals surface area (Å²) in [5.74, 6) is 0. The van der Waals surface area contributed by atoms with Crippen molar-refractivity contribution in [2.24, 2.45) is 0 Å². The van der Waals surface area contributed by atoms with Crippen molar-refractivity contribution in [1.29, 1.82) is 0 Å². The van der Waals surface area contributed by atoms with Crippen LogP contribution < -0.4 is 4.90 Å². The third-order valence-electron chi connectivity index (χ3n) is 9.98. The lowest BCUT2D eigenvalue weighted by Gasteiger charge is -2.32. The van der Waals surface area contributed by atoms with Crippen LogP contribution in [-0.2, 0) is 5.41 Å². The van der Waals surface area contributed by atoms with Gasteiger partial charge >= 0.3 is 0 Å². The number of para-hydroxylation sites is 4. The zero-order valence-corrected chi connectivity index (χ0v) is 26.6. The Morgan fingerprint density at radius 1 is 0.511 bits per heavy atom. The normalized spacial score (nSPS) is 12.6. The van der Waals surface area contributed by atoms with Gasteiger partial charge in [-0.1, -0.05) is 112 Å². The van der Waals surface area contributed by atoms with E-state index in [1.165, 1.54) is 54.4 Å². The SMILES string of the molecule is CC(C)(C)c1cc2ccccc2cc1N(c1cc2c3ccccc3n3c4ccccc4c(c1)c23)c1cccc2c1oc1ccccc12. The highest BCUT2D eigenvalue weighted by molar-refractivity contribution is 6.25. The van der Waals surface area contributed by atoms with E-state index in [2.05, 4.69) is 164 Å².